The fourth-order valence-corrected chi connectivity index (χ4v) is 1.22. The molecule has 17 heavy (non-hydrogen) atoms. The Hall–Kier alpha value is -1.75. The zero-order chi connectivity index (χ0) is 12.7. The molecule has 0 aliphatic heterocycles. The van der Waals surface area contributed by atoms with Gasteiger partial charge in [0, 0.05) is 18.3 Å². The number of hydrogen-bond donors (Lipinski definition) is 3. The molecular weight excluding hydrogens is 220 g/mol. The molecule has 5 nitrogen and oxygen atoms in total. The molecule has 0 aliphatic carbocycles. The number of carbonyl (C=O) groups is 1. The fraction of sp³-hybridized carbons (Fsp3) is 0.417. The number of rotatable bonds is 6. The van der Waals surface area contributed by atoms with Crippen LogP contribution in [-0.2, 0) is 4.79 Å². The lowest BCUT2D eigenvalue weighted by molar-refractivity contribution is -0.122. The smallest absolute Gasteiger partial charge is 0.223 e. The third-order valence-corrected chi connectivity index (χ3v) is 2.05. The van der Waals surface area contributed by atoms with E-state index in [1.807, 2.05) is 0 Å². The largest absolute Gasteiger partial charge is 0.493 e. The second-order valence-corrected chi connectivity index (χ2v) is 3.82. The summed E-state index contributed by atoms with van der Waals surface area (Å²) in [5.41, 5.74) is 6.21. The molecule has 1 atom stereocenters. The van der Waals surface area contributed by atoms with E-state index in [4.69, 9.17) is 15.6 Å². The second-order valence-electron chi connectivity index (χ2n) is 3.82. The summed E-state index contributed by atoms with van der Waals surface area (Å²) in [7, 11) is 0. The van der Waals surface area contributed by atoms with Crippen LogP contribution in [0, 0.1) is 0 Å². The number of carbonyl (C=O) groups excluding carboxylic acids is 1. The summed E-state index contributed by atoms with van der Waals surface area (Å²) in [5, 5.41) is 11.6. The van der Waals surface area contributed by atoms with Gasteiger partial charge in [-0.25, -0.2) is 0 Å². The van der Waals surface area contributed by atoms with E-state index in [0.717, 1.165) is 0 Å². The maximum atomic E-state index is 11.3. The summed E-state index contributed by atoms with van der Waals surface area (Å²) in [6.45, 7) is 2.16. The van der Waals surface area contributed by atoms with E-state index >= 15 is 0 Å². The Bertz CT molecular complexity index is 367. The predicted octanol–water partition coefficient (Wildman–Crippen LogP) is 0.535. The summed E-state index contributed by atoms with van der Waals surface area (Å²) in [6.07, 6.45) is -0.282. The van der Waals surface area contributed by atoms with Gasteiger partial charge in [-0.3, -0.25) is 4.79 Å². The zero-order valence-electron chi connectivity index (χ0n) is 9.85. The normalized spacial score (nSPS) is 11.9. The quantitative estimate of drug-likeness (QED) is 0.631. The Labute approximate surface area is 101 Å². The number of amides is 1. The highest BCUT2D eigenvalue weighted by molar-refractivity contribution is 5.76. The van der Waals surface area contributed by atoms with Crippen molar-refractivity contribution in [1.29, 1.82) is 0 Å². The first kappa shape index (κ1) is 13.3. The lowest BCUT2D eigenvalue weighted by Crippen LogP contribution is -2.31. The van der Waals surface area contributed by atoms with Crippen LogP contribution in [0.25, 0.3) is 0 Å². The van der Waals surface area contributed by atoms with Crippen LogP contribution in [-0.4, -0.2) is 30.3 Å². The first-order valence-corrected chi connectivity index (χ1v) is 5.51. The number of aliphatic hydroxyl groups excluding tert-OH is 1. The molecule has 4 N–H and O–H groups in total. The minimum atomic E-state index is -0.534. The first-order valence-electron chi connectivity index (χ1n) is 5.51. The fourth-order valence-electron chi connectivity index (χ4n) is 1.22. The van der Waals surface area contributed by atoms with Gasteiger partial charge < -0.3 is 20.9 Å². The molecular formula is C12H18N2O3. The minimum absolute atomic E-state index is 0.144. The Balaban J connectivity index is 2.21. The van der Waals surface area contributed by atoms with Crippen LogP contribution >= 0.6 is 0 Å². The highest BCUT2D eigenvalue weighted by Gasteiger charge is 2.03. The van der Waals surface area contributed by atoms with E-state index in [2.05, 4.69) is 5.32 Å². The summed E-state index contributed by atoms with van der Waals surface area (Å²) in [6, 6.07) is 7.04. The third kappa shape index (κ3) is 5.77. The molecule has 0 fully saturated rings. The Morgan fingerprint density at radius 3 is 3.00 bits per heavy atom. The van der Waals surface area contributed by atoms with Crippen LogP contribution in [0.5, 0.6) is 5.75 Å². The summed E-state index contributed by atoms with van der Waals surface area (Å²) < 4.78 is 5.36. The molecule has 1 rings (SSSR count). The lowest BCUT2D eigenvalue weighted by Gasteiger charge is -2.08. The number of nitrogen functional groups attached to an aromatic ring is 1. The van der Waals surface area contributed by atoms with Crippen molar-refractivity contribution in [1.82, 2.24) is 5.32 Å². The summed E-state index contributed by atoms with van der Waals surface area (Å²) in [5.74, 6) is 0.503. The number of nitrogens with two attached hydrogens (primary N) is 1. The number of anilines is 1. The predicted molar refractivity (Wildman–Crippen MR) is 65.7 cm³/mol. The van der Waals surface area contributed by atoms with Crippen molar-refractivity contribution in [2.75, 3.05) is 18.9 Å². The molecule has 1 unspecified atom stereocenters. The number of benzene rings is 1. The number of hydrogen-bond acceptors (Lipinski definition) is 4. The first-order chi connectivity index (χ1) is 8.08. The molecule has 1 aromatic carbocycles. The topological polar surface area (TPSA) is 84.6 Å². The van der Waals surface area contributed by atoms with Gasteiger partial charge >= 0.3 is 0 Å². The summed E-state index contributed by atoms with van der Waals surface area (Å²) in [4.78, 5) is 11.3. The van der Waals surface area contributed by atoms with Crippen LogP contribution < -0.4 is 15.8 Å². The molecule has 1 amide bonds. The Morgan fingerprint density at radius 2 is 2.35 bits per heavy atom. The van der Waals surface area contributed by atoms with Gasteiger partial charge in [0.25, 0.3) is 0 Å². The van der Waals surface area contributed by atoms with Gasteiger partial charge in [0.2, 0.25) is 5.91 Å². The van der Waals surface area contributed by atoms with E-state index in [0.29, 0.717) is 11.4 Å². The van der Waals surface area contributed by atoms with Gasteiger partial charge in [-0.1, -0.05) is 6.07 Å². The average molecular weight is 238 g/mol. The van der Waals surface area contributed by atoms with Crippen molar-refractivity contribution >= 4 is 11.6 Å². The van der Waals surface area contributed by atoms with Gasteiger partial charge in [-0.15, -0.1) is 0 Å². The van der Waals surface area contributed by atoms with Crippen molar-refractivity contribution in [3.63, 3.8) is 0 Å². The molecule has 0 heterocycles. The van der Waals surface area contributed by atoms with Crippen LogP contribution in [0.2, 0.25) is 0 Å². The molecule has 0 aromatic heterocycles. The SMILES string of the molecule is CC(O)CNC(=O)CCOc1cccc(N)c1. The van der Waals surface area contributed by atoms with Gasteiger partial charge in [0.15, 0.2) is 0 Å². The van der Waals surface area contributed by atoms with Crippen LogP contribution in [0.15, 0.2) is 24.3 Å². The minimum Gasteiger partial charge on any atom is -0.493 e. The Kier molecular flexibility index (Phi) is 5.29. The zero-order valence-corrected chi connectivity index (χ0v) is 9.85. The maximum absolute atomic E-state index is 11.3. The molecule has 94 valence electrons. The van der Waals surface area contributed by atoms with Gasteiger partial charge in [0.05, 0.1) is 19.1 Å². The van der Waals surface area contributed by atoms with Crippen molar-refractivity contribution in [3.8, 4) is 5.75 Å². The number of ether oxygens (including phenoxy) is 1. The molecule has 0 bridgehead atoms. The second kappa shape index (κ2) is 6.75. The van der Waals surface area contributed by atoms with Crippen molar-refractivity contribution in [2.45, 2.75) is 19.4 Å². The molecule has 0 saturated heterocycles. The molecule has 0 radical (unpaired) electrons. The van der Waals surface area contributed by atoms with Crippen LogP contribution in [0.1, 0.15) is 13.3 Å². The van der Waals surface area contributed by atoms with Gasteiger partial charge in [-0.2, -0.15) is 0 Å². The van der Waals surface area contributed by atoms with Crippen molar-refractivity contribution in [3.05, 3.63) is 24.3 Å². The standard InChI is InChI=1S/C12H18N2O3/c1-9(15)8-14-12(16)5-6-17-11-4-2-3-10(13)7-11/h2-4,7,9,15H,5-6,8,13H2,1H3,(H,14,16). The van der Waals surface area contributed by atoms with Crippen LogP contribution in [0.3, 0.4) is 0 Å². The lowest BCUT2D eigenvalue weighted by atomic mass is 10.3. The molecule has 0 spiro atoms. The van der Waals surface area contributed by atoms with Gasteiger partial charge in [0.1, 0.15) is 5.75 Å². The van der Waals surface area contributed by atoms with E-state index in [-0.39, 0.29) is 25.5 Å². The highest BCUT2D eigenvalue weighted by Crippen LogP contribution is 2.14. The highest BCUT2D eigenvalue weighted by atomic mass is 16.5. The average Bonchev–Trinajstić information content (AvgIpc) is 2.26. The van der Waals surface area contributed by atoms with Crippen molar-refractivity contribution < 1.29 is 14.6 Å². The summed E-state index contributed by atoms with van der Waals surface area (Å²) >= 11 is 0. The van der Waals surface area contributed by atoms with E-state index in [9.17, 15) is 4.79 Å². The van der Waals surface area contributed by atoms with E-state index in [1.54, 1.807) is 31.2 Å². The molecule has 0 saturated carbocycles. The molecule has 1 aromatic rings. The number of nitrogens with one attached hydrogen (secondary N) is 1. The molecule has 0 aliphatic rings. The number of aliphatic hydroxyl groups is 1. The van der Waals surface area contributed by atoms with Crippen LogP contribution in [0.4, 0.5) is 5.69 Å². The van der Waals surface area contributed by atoms with E-state index < -0.39 is 6.10 Å². The Morgan fingerprint density at radius 1 is 1.59 bits per heavy atom. The maximum Gasteiger partial charge on any atom is 0.223 e. The third-order valence-electron chi connectivity index (χ3n) is 2.05. The molecule has 5 heteroatoms. The van der Waals surface area contributed by atoms with E-state index in [1.165, 1.54) is 0 Å². The van der Waals surface area contributed by atoms with Gasteiger partial charge in [-0.05, 0) is 19.1 Å². The monoisotopic (exact) mass is 238 g/mol. The van der Waals surface area contributed by atoms with Crippen molar-refractivity contribution in [2.24, 2.45) is 0 Å².